The third kappa shape index (κ3) is 2.90. The first-order valence-corrected chi connectivity index (χ1v) is 8.07. The zero-order valence-electron chi connectivity index (χ0n) is 12.5. The van der Waals surface area contributed by atoms with Gasteiger partial charge in [0.15, 0.2) is 0 Å². The summed E-state index contributed by atoms with van der Waals surface area (Å²) in [4.78, 5) is 2.20. The molecule has 2 unspecified atom stereocenters. The predicted molar refractivity (Wildman–Crippen MR) is 94.3 cm³/mol. The van der Waals surface area contributed by atoms with Crippen molar-refractivity contribution in [3.05, 3.63) is 90.5 Å². The highest BCUT2D eigenvalue weighted by Gasteiger charge is 2.47. The smallest absolute Gasteiger partial charge is 0.129 e. The molecule has 0 saturated carbocycles. The number of hydrogen-bond acceptors (Lipinski definition) is 2. The summed E-state index contributed by atoms with van der Waals surface area (Å²) in [5, 5.41) is 0. The van der Waals surface area contributed by atoms with Crippen molar-refractivity contribution in [2.24, 2.45) is 0 Å². The highest BCUT2D eigenvalue weighted by atomic mass is 35.5. The Morgan fingerprint density at radius 3 is 1.91 bits per heavy atom. The fourth-order valence-electron chi connectivity index (χ4n) is 2.79. The first-order chi connectivity index (χ1) is 11.3. The van der Waals surface area contributed by atoms with Crippen LogP contribution in [0.3, 0.4) is 0 Å². The number of anilines is 1. The molecule has 2 nitrogen and oxygen atoms in total. The van der Waals surface area contributed by atoms with Crippen molar-refractivity contribution in [3.63, 3.8) is 0 Å². The highest BCUT2D eigenvalue weighted by molar-refractivity contribution is 6.25. The summed E-state index contributed by atoms with van der Waals surface area (Å²) in [6.45, 7) is 0. The number of ether oxygens (including phenoxy) is 1. The van der Waals surface area contributed by atoms with Crippen LogP contribution in [0.2, 0.25) is 0 Å². The molecule has 1 aliphatic heterocycles. The first-order valence-electron chi connectivity index (χ1n) is 7.63. The summed E-state index contributed by atoms with van der Waals surface area (Å²) >= 11 is 6.45. The van der Waals surface area contributed by atoms with Crippen molar-refractivity contribution in [3.8, 4) is 11.5 Å². The molecule has 2 atom stereocenters. The van der Waals surface area contributed by atoms with Gasteiger partial charge < -0.3 is 9.64 Å². The first kappa shape index (κ1) is 14.2. The molecule has 3 heteroatoms. The van der Waals surface area contributed by atoms with Gasteiger partial charge in [-0.1, -0.05) is 60.1 Å². The van der Waals surface area contributed by atoms with E-state index >= 15 is 0 Å². The van der Waals surface area contributed by atoms with Gasteiger partial charge in [-0.15, -0.1) is 0 Å². The molecule has 0 radical (unpaired) electrons. The van der Waals surface area contributed by atoms with Crippen molar-refractivity contribution >= 4 is 17.3 Å². The van der Waals surface area contributed by atoms with Gasteiger partial charge >= 0.3 is 0 Å². The summed E-state index contributed by atoms with van der Waals surface area (Å²) in [7, 11) is 0. The average molecular weight is 322 g/mol. The number of hydrogen-bond donors (Lipinski definition) is 0. The Morgan fingerprint density at radius 1 is 0.696 bits per heavy atom. The van der Waals surface area contributed by atoms with Gasteiger partial charge in [0.2, 0.25) is 0 Å². The normalized spacial score (nSPS) is 19.4. The maximum absolute atomic E-state index is 6.45. The lowest BCUT2D eigenvalue weighted by Crippen LogP contribution is -1.95. The van der Waals surface area contributed by atoms with Crippen molar-refractivity contribution in [1.82, 2.24) is 0 Å². The van der Waals surface area contributed by atoms with E-state index in [2.05, 4.69) is 29.2 Å². The van der Waals surface area contributed by atoms with Crippen LogP contribution < -0.4 is 9.64 Å². The largest absolute Gasteiger partial charge is 0.457 e. The van der Waals surface area contributed by atoms with Gasteiger partial charge in [-0.3, -0.25) is 0 Å². The second-order valence-corrected chi connectivity index (χ2v) is 5.99. The minimum atomic E-state index is 0.0123. The van der Waals surface area contributed by atoms with Gasteiger partial charge in [0.25, 0.3) is 0 Å². The van der Waals surface area contributed by atoms with E-state index in [0.29, 0.717) is 0 Å². The summed E-state index contributed by atoms with van der Waals surface area (Å²) in [5.74, 6) is 1.66. The van der Waals surface area contributed by atoms with Crippen LogP contribution in [-0.4, -0.2) is 5.50 Å². The predicted octanol–water partition coefficient (Wildman–Crippen LogP) is 5.61. The maximum atomic E-state index is 6.45. The van der Waals surface area contributed by atoms with E-state index in [1.807, 2.05) is 60.7 Å². The Labute approximate surface area is 140 Å². The summed E-state index contributed by atoms with van der Waals surface area (Å²) < 4.78 is 5.82. The topological polar surface area (TPSA) is 12.2 Å². The zero-order valence-corrected chi connectivity index (χ0v) is 13.2. The van der Waals surface area contributed by atoms with E-state index in [0.717, 1.165) is 17.2 Å². The monoisotopic (exact) mass is 321 g/mol. The van der Waals surface area contributed by atoms with Crippen LogP contribution in [0, 0.1) is 0 Å². The number of nitrogens with zero attached hydrogens (tertiary/aromatic N) is 1. The van der Waals surface area contributed by atoms with E-state index in [4.69, 9.17) is 16.3 Å². The molecule has 0 aliphatic carbocycles. The summed E-state index contributed by atoms with van der Waals surface area (Å²) in [6, 6.07) is 28.4. The van der Waals surface area contributed by atoms with Crippen LogP contribution in [0.4, 0.5) is 5.69 Å². The molecular weight excluding hydrogens is 306 g/mol. The molecule has 0 amide bonds. The Kier molecular flexibility index (Phi) is 3.68. The van der Waals surface area contributed by atoms with E-state index < -0.39 is 0 Å². The highest BCUT2D eigenvalue weighted by Crippen LogP contribution is 2.49. The van der Waals surface area contributed by atoms with Gasteiger partial charge in [-0.25, -0.2) is 0 Å². The molecule has 0 bridgehead atoms. The average Bonchev–Trinajstić information content (AvgIpc) is 3.28. The lowest BCUT2D eigenvalue weighted by atomic mass is 10.1. The molecule has 3 aromatic carbocycles. The van der Waals surface area contributed by atoms with Gasteiger partial charge in [-0.05, 0) is 42.0 Å². The van der Waals surface area contributed by atoms with Gasteiger partial charge in [-0.2, -0.15) is 0 Å². The number of para-hydroxylation sites is 1. The Bertz CT molecular complexity index is 774. The fraction of sp³-hybridized carbons (Fsp3) is 0.100. The summed E-state index contributed by atoms with van der Waals surface area (Å²) in [6.07, 6.45) is 0. The number of alkyl halides is 1. The van der Waals surface area contributed by atoms with E-state index in [1.54, 1.807) is 0 Å². The van der Waals surface area contributed by atoms with Crippen LogP contribution in [-0.2, 0) is 0 Å². The number of halogens is 1. The van der Waals surface area contributed by atoms with Crippen molar-refractivity contribution < 1.29 is 4.74 Å². The number of rotatable bonds is 4. The molecule has 114 valence electrons. The minimum Gasteiger partial charge on any atom is -0.457 e. The molecule has 3 aromatic rings. The van der Waals surface area contributed by atoms with Crippen LogP contribution >= 0.6 is 11.6 Å². The SMILES string of the molecule is ClC1C(c2ccccc2)N1c1ccc(Oc2ccccc2)cc1. The molecule has 1 saturated heterocycles. The van der Waals surface area contributed by atoms with Crippen LogP contribution in [0.25, 0.3) is 0 Å². The van der Waals surface area contributed by atoms with Crippen LogP contribution in [0.1, 0.15) is 11.6 Å². The second kappa shape index (κ2) is 5.98. The van der Waals surface area contributed by atoms with Gasteiger partial charge in [0, 0.05) is 5.69 Å². The minimum absolute atomic E-state index is 0.0123. The van der Waals surface area contributed by atoms with E-state index in [1.165, 1.54) is 5.56 Å². The molecule has 23 heavy (non-hydrogen) atoms. The molecule has 1 heterocycles. The molecule has 4 rings (SSSR count). The van der Waals surface area contributed by atoms with Gasteiger partial charge in [0.05, 0.1) is 6.04 Å². The lowest BCUT2D eigenvalue weighted by Gasteiger charge is -2.08. The van der Waals surface area contributed by atoms with Crippen molar-refractivity contribution in [2.45, 2.75) is 11.5 Å². The molecule has 0 spiro atoms. The maximum Gasteiger partial charge on any atom is 0.129 e. The van der Waals surface area contributed by atoms with Crippen LogP contribution in [0.15, 0.2) is 84.9 Å². The molecule has 0 N–H and O–H groups in total. The number of benzene rings is 3. The van der Waals surface area contributed by atoms with Crippen molar-refractivity contribution in [2.75, 3.05) is 4.90 Å². The molecule has 0 aromatic heterocycles. The third-order valence-electron chi connectivity index (χ3n) is 3.99. The third-order valence-corrected chi connectivity index (χ3v) is 4.44. The molecular formula is C20H16ClNO. The Hall–Kier alpha value is -2.45. The van der Waals surface area contributed by atoms with Crippen LogP contribution in [0.5, 0.6) is 11.5 Å². The Morgan fingerprint density at radius 2 is 1.26 bits per heavy atom. The fourth-order valence-corrected chi connectivity index (χ4v) is 3.22. The molecule has 1 fully saturated rings. The van der Waals surface area contributed by atoms with Gasteiger partial charge in [0.1, 0.15) is 17.0 Å². The van der Waals surface area contributed by atoms with E-state index in [9.17, 15) is 0 Å². The zero-order chi connectivity index (χ0) is 15.6. The van der Waals surface area contributed by atoms with E-state index in [-0.39, 0.29) is 11.5 Å². The second-order valence-electron chi connectivity index (χ2n) is 5.54. The quantitative estimate of drug-likeness (QED) is 0.352. The summed E-state index contributed by atoms with van der Waals surface area (Å²) in [5.41, 5.74) is 2.37. The Balaban J connectivity index is 1.49. The van der Waals surface area contributed by atoms with Crippen molar-refractivity contribution in [1.29, 1.82) is 0 Å². The standard InChI is InChI=1S/C20H16ClNO/c21-20-19(15-7-3-1-4-8-15)22(20)16-11-13-18(14-12-16)23-17-9-5-2-6-10-17/h1-14,19-20H. The molecule has 1 aliphatic rings. The lowest BCUT2D eigenvalue weighted by molar-refractivity contribution is 0.483.